The van der Waals surface area contributed by atoms with Crippen LogP contribution in [0.15, 0.2) is 206 Å². The Bertz CT molecular complexity index is 3070. The molecule has 0 fully saturated rings. The molecule has 0 saturated heterocycles. The van der Waals surface area contributed by atoms with Gasteiger partial charge in [0.05, 0.1) is 11.0 Å². The van der Waals surface area contributed by atoms with Gasteiger partial charge in [-0.2, -0.15) is 0 Å². The lowest BCUT2D eigenvalue weighted by Gasteiger charge is -2.31. The lowest BCUT2D eigenvalue weighted by Crippen LogP contribution is -2.20. The Morgan fingerprint density at radius 1 is 0.689 bits per heavy atom. The van der Waals surface area contributed by atoms with Crippen LogP contribution in [0, 0.1) is 6.92 Å². The number of hydrogen-bond acceptors (Lipinski definition) is 1. The normalized spacial score (nSPS) is 15.6. The molecule has 61 heavy (non-hydrogen) atoms. The van der Waals surface area contributed by atoms with Crippen molar-refractivity contribution in [3.8, 4) is 16.8 Å². The maximum Gasteiger partial charge on any atom is 0.0547 e. The second-order valence-corrected chi connectivity index (χ2v) is 16.7. The Labute approximate surface area is 361 Å². The summed E-state index contributed by atoms with van der Waals surface area (Å²) in [4.78, 5) is 2.44. The molecule has 10 rings (SSSR count). The molecule has 0 bridgehead atoms. The predicted octanol–water partition coefficient (Wildman–Crippen LogP) is 16.5. The molecule has 1 unspecified atom stereocenters. The fourth-order valence-electron chi connectivity index (χ4n) is 9.53. The minimum Gasteiger partial charge on any atom is -0.311 e. The largest absolute Gasteiger partial charge is 0.311 e. The molecule has 2 heteroatoms. The highest BCUT2D eigenvalue weighted by molar-refractivity contribution is 6.21. The van der Waals surface area contributed by atoms with Gasteiger partial charge in [0.1, 0.15) is 0 Å². The maximum absolute atomic E-state index is 3.93. The van der Waals surface area contributed by atoms with Crippen LogP contribution in [0.4, 0.5) is 11.4 Å². The summed E-state index contributed by atoms with van der Waals surface area (Å²) >= 11 is 0. The average Bonchev–Trinajstić information content (AvgIpc) is 3.74. The molecule has 1 atom stereocenters. The van der Waals surface area contributed by atoms with Crippen LogP contribution in [0.1, 0.15) is 69.2 Å². The zero-order chi connectivity index (χ0) is 42.3. The monoisotopic (exact) mass is 790 g/mol. The molecule has 2 aliphatic rings. The molecule has 0 amide bonds. The van der Waals surface area contributed by atoms with Gasteiger partial charge in [-0.1, -0.05) is 167 Å². The van der Waals surface area contributed by atoms with E-state index < -0.39 is 0 Å². The fourth-order valence-corrected chi connectivity index (χ4v) is 9.53. The van der Waals surface area contributed by atoms with Gasteiger partial charge in [0, 0.05) is 44.9 Å². The molecule has 8 aromatic rings. The van der Waals surface area contributed by atoms with Crippen molar-refractivity contribution in [2.45, 2.75) is 59.3 Å². The quantitative estimate of drug-likeness (QED) is 0.139. The Morgan fingerprint density at radius 2 is 1.43 bits per heavy atom. The molecule has 1 heterocycles. The second-order valence-electron chi connectivity index (χ2n) is 16.7. The predicted molar refractivity (Wildman–Crippen MR) is 264 cm³/mol. The first-order valence-corrected chi connectivity index (χ1v) is 21.8. The highest BCUT2D eigenvalue weighted by Gasteiger charge is 2.35. The number of hydrogen-bond donors (Lipinski definition) is 0. The van der Waals surface area contributed by atoms with E-state index in [-0.39, 0.29) is 5.41 Å². The van der Waals surface area contributed by atoms with Crippen LogP contribution in [0.3, 0.4) is 0 Å². The first kappa shape index (κ1) is 39.6. The van der Waals surface area contributed by atoms with Crippen molar-refractivity contribution in [2.24, 2.45) is 0 Å². The summed E-state index contributed by atoms with van der Waals surface area (Å²) in [6.07, 6.45) is 14.2. The van der Waals surface area contributed by atoms with Gasteiger partial charge in [-0.3, -0.25) is 0 Å². The van der Waals surface area contributed by atoms with E-state index in [1.807, 2.05) is 19.9 Å². The number of fused-ring (bicyclic) bond motifs is 6. The number of aryl methyl sites for hydroxylation is 1. The summed E-state index contributed by atoms with van der Waals surface area (Å²) in [6.45, 7) is 17.1. The van der Waals surface area contributed by atoms with Crippen LogP contribution in [0.5, 0.6) is 0 Å². The number of rotatable bonds is 8. The molecule has 2 nitrogen and oxygen atoms in total. The van der Waals surface area contributed by atoms with Crippen molar-refractivity contribution in [1.82, 2.24) is 4.57 Å². The third-order valence-corrected chi connectivity index (χ3v) is 12.9. The van der Waals surface area contributed by atoms with E-state index in [1.54, 1.807) is 0 Å². The third-order valence-electron chi connectivity index (χ3n) is 12.9. The third kappa shape index (κ3) is 6.96. The van der Waals surface area contributed by atoms with Gasteiger partial charge in [0.25, 0.3) is 0 Å². The van der Waals surface area contributed by atoms with Crippen molar-refractivity contribution in [3.63, 3.8) is 0 Å². The molecule has 0 aliphatic heterocycles. The number of anilines is 2. The van der Waals surface area contributed by atoms with Gasteiger partial charge in [-0.05, 0) is 131 Å². The molecule has 2 aliphatic carbocycles. The minimum atomic E-state index is -0.0939. The highest BCUT2D eigenvalue weighted by Crippen LogP contribution is 2.49. The van der Waals surface area contributed by atoms with Crippen LogP contribution in [0.2, 0.25) is 0 Å². The first-order valence-electron chi connectivity index (χ1n) is 21.8. The molecule has 1 aromatic heterocycles. The van der Waals surface area contributed by atoms with E-state index in [4.69, 9.17) is 0 Å². The second kappa shape index (κ2) is 16.3. The summed E-state index contributed by atoms with van der Waals surface area (Å²) in [5.74, 6) is 0.359. The number of aromatic nitrogens is 1. The van der Waals surface area contributed by atoms with Crippen molar-refractivity contribution in [2.75, 3.05) is 4.90 Å². The zero-order valence-corrected chi connectivity index (χ0v) is 36.3. The Morgan fingerprint density at radius 3 is 2.18 bits per heavy atom. The zero-order valence-electron chi connectivity index (χ0n) is 36.3. The summed E-state index contributed by atoms with van der Waals surface area (Å²) in [6, 6.07) is 56.2. The van der Waals surface area contributed by atoms with Crippen LogP contribution >= 0.6 is 0 Å². The SMILES string of the molecule is C=C/C=C\C1=C(C)C(C)(C)c2cc(N(C3=CCC(c4ccccc4)C=C3)c3ccc(-c4ccc5c(c4)c4c6ccccc6ccc4n5-c4cccc(C)c4)cc3)ccc21.CC. The van der Waals surface area contributed by atoms with Crippen molar-refractivity contribution < 1.29 is 0 Å². The van der Waals surface area contributed by atoms with E-state index >= 15 is 0 Å². The Hall–Kier alpha value is -6.90. The molecular formula is C59H54N2. The number of allylic oxidation sites excluding steroid dienone is 8. The lowest BCUT2D eigenvalue weighted by molar-refractivity contribution is 0.639. The molecule has 7 aromatic carbocycles. The van der Waals surface area contributed by atoms with Crippen LogP contribution in [0.25, 0.3) is 55.0 Å². The highest BCUT2D eigenvalue weighted by atomic mass is 15.1. The van der Waals surface area contributed by atoms with Crippen LogP contribution in [-0.4, -0.2) is 4.57 Å². The van der Waals surface area contributed by atoms with Crippen molar-refractivity contribution in [1.29, 1.82) is 0 Å². The minimum absolute atomic E-state index is 0.0939. The van der Waals surface area contributed by atoms with E-state index in [1.165, 1.54) is 88.5 Å². The van der Waals surface area contributed by atoms with Crippen LogP contribution in [-0.2, 0) is 5.41 Å². The van der Waals surface area contributed by atoms with Gasteiger partial charge >= 0.3 is 0 Å². The molecule has 0 radical (unpaired) electrons. The van der Waals surface area contributed by atoms with Crippen LogP contribution < -0.4 is 4.90 Å². The van der Waals surface area contributed by atoms with Crippen molar-refractivity contribution in [3.05, 3.63) is 228 Å². The van der Waals surface area contributed by atoms with E-state index in [0.29, 0.717) is 5.92 Å². The van der Waals surface area contributed by atoms with E-state index in [2.05, 4.69) is 226 Å². The average molecular weight is 791 g/mol. The van der Waals surface area contributed by atoms with Gasteiger partial charge < -0.3 is 9.47 Å². The molecule has 0 saturated carbocycles. The fraction of sp³-hybridized carbons (Fsp3) is 0.153. The van der Waals surface area contributed by atoms with Gasteiger partial charge in [-0.15, -0.1) is 0 Å². The molecule has 0 N–H and O–H groups in total. The smallest absolute Gasteiger partial charge is 0.0547 e. The molecular weight excluding hydrogens is 737 g/mol. The number of benzene rings is 7. The summed E-state index contributed by atoms with van der Waals surface area (Å²) < 4.78 is 2.43. The summed E-state index contributed by atoms with van der Waals surface area (Å²) in [5, 5.41) is 5.09. The standard InChI is InChI=1S/C57H48N2.C2H6/c1-6-7-19-49-39(3)57(4,5)53-37-48(31-32-51(49)53)58(45-27-21-41(22-28-45)40-15-9-8-10-16-40)46-29-23-42(24-30-46)44-26-33-54-52(36-44)56-50-20-12-11-17-43(50)25-34-55(56)59(54)47-18-13-14-38(2)35-47;1-2/h6-21,23-37,41H,1,22H2,2-5H3;1-2H3/b19-7-;. The molecule has 0 spiro atoms. The summed E-state index contributed by atoms with van der Waals surface area (Å²) in [7, 11) is 0. The van der Waals surface area contributed by atoms with Gasteiger partial charge in [-0.25, -0.2) is 0 Å². The Balaban J connectivity index is 0.00000235. The first-order chi connectivity index (χ1) is 29.8. The van der Waals surface area contributed by atoms with Crippen molar-refractivity contribution >= 4 is 49.5 Å². The van der Waals surface area contributed by atoms with E-state index in [0.717, 1.165) is 17.8 Å². The topological polar surface area (TPSA) is 8.17 Å². The van der Waals surface area contributed by atoms with Gasteiger partial charge in [0.15, 0.2) is 0 Å². The Kier molecular flexibility index (Phi) is 10.6. The van der Waals surface area contributed by atoms with E-state index in [9.17, 15) is 0 Å². The molecule has 300 valence electrons. The van der Waals surface area contributed by atoms with Gasteiger partial charge in [0.2, 0.25) is 0 Å². The number of nitrogens with zero attached hydrogens (tertiary/aromatic N) is 2. The summed E-state index contributed by atoms with van der Waals surface area (Å²) in [5.41, 5.74) is 17.3. The lowest BCUT2D eigenvalue weighted by atomic mass is 9.81. The maximum atomic E-state index is 3.93.